The van der Waals surface area contributed by atoms with Crippen molar-refractivity contribution in [2.75, 3.05) is 11.5 Å². The van der Waals surface area contributed by atoms with E-state index in [0.717, 1.165) is 12.2 Å². The Labute approximate surface area is 72.5 Å². The van der Waals surface area contributed by atoms with Gasteiger partial charge in [-0.3, -0.25) is 0 Å². The summed E-state index contributed by atoms with van der Waals surface area (Å²) in [6, 6.07) is 0.309. The van der Waals surface area contributed by atoms with Crippen molar-refractivity contribution < 1.29 is 5.11 Å². The highest BCUT2D eigenvalue weighted by molar-refractivity contribution is 7.99. The van der Waals surface area contributed by atoms with Gasteiger partial charge in [0.25, 0.3) is 0 Å². The molecule has 0 spiro atoms. The van der Waals surface area contributed by atoms with Gasteiger partial charge in [0.05, 0.1) is 6.10 Å². The Bertz CT molecular complexity index is 119. The molecule has 1 saturated heterocycles. The van der Waals surface area contributed by atoms with Gasteiger partial charge in [0.15, 0.2) is 0 Å². The van der Waals surface area contributed by atoms with Gasteiger partial charge in [-0.1, -0.05) is 0 Å². The molecule has 1 aliphatic rings. The van der Waals surface area contributed by atoms with E-state index in [1.165, 1.54) is 12.2 Å². The molecule has 1 heterocycles. The monoisotopic (exact) mass is 175 g/mol. The van der Waals surface area contributed by atoms with E-state index in [-0.39, 0.29) is 6.10 Å². The number of aliphatic hydroxyl groups excluding tert-OH is 1. The van der Waals surface area contributed by atoms with Crippen LogP contribution in [0.25, 0.3) is 0 Å². The molecule has 1 aliphatic heterocycles. The molecule has 2 nitrogen and oxygen atoms in total. The molecule has 0 saturated carbocycles. The van der Waals surface area contributed by atoms with E-state index in [1.54, 1.807) is 0 Å². The second-order valence-corrected chi connectivity index (χ2v) is 4.52. The standard InChI is InChI=1S/C8H17NOS/c1-6(10)4-7-2-3-11-5-8(7)9/h6-8,10H,2-5,9H2,1H3. The first kappa shape index (κ1) is 9.36. The molecule has 0 amide bonds. The van der Waals surface area contributed by atoms with E-state index in [9.17, 15) is 0 Å². The minimum absolute atomic E-state index is 0.186. The zero-order valence-corrected chi connectivity index (χ0v) is 7.81. The first-order valence-electron chi connectivity index (χ1n) is 4.21. The van der Waals surface area contributed by atoms with Crippen molar-refractivity contribution in [2.24, 2.45) is 11.7 Å². The Morgan fingerprint density at radius 1 is 1.73 bits per heavy atom. The third-order valence-electron chi connectivity index (χ3n) is 2.19. The van der Waals surface area contributed by atoms with Crippen LogP contribution in [0.15, 0.2) is 0 Å². The van der Waals surface area contributed by atoms with Gasteiger partial charge in [-0.25, -0.2) is 0 Å². The van der Waals surface area contributed by atoms with Crippen LogP contribution >= 0.6 is 11.8 Å². The Hall–Kier alpha value is 0.270. The summed E-state index contributed by atoms with van der Waals surface area (Å²) in [7, 11) is 0. The first-order valence-corrected chi connectivity index (χ1v) is 5.37. The lowest BCUT2D eigenvalue weighted by molar-refractivity contribution is 0.152. The van der Waals surface area contributed by atoms with Gasteiger partial charge in [-0.15, -0.1) is 0 Å². The predicted molar refractivity (Wildman–Crippen MR) is 49.7 cm³/mol. The third kappa shape index (κ3) is 3.01. The molecule has 66 valence electrons. The summed E-state index contributed by atoms with van der Waals surface area (Å²) in [6.07, 6.45) is 1.87. The van der Waals surface area contributed by atoms with Crippen LogP contribution in [0, 0.1) is 5.92 Å². The lowest BCUT2D eigenvalue weighted by Gasteiger charge is -2.28. The molecule has 0 aromatic carbocycles. The largest absolute Gasteiger partial charge is 0.393 e. The summed E-state index contributed by atoms with van der Waals surface area (Å²) in [5.41, 5.74) is 5.90. The molecule has 3 N–H and O–H groups in total. The van der Waals surface area contributed by atoms with E-state index in [1.807, 2.05) is 18.7 Å². The lowest BCUT2D eigenvalue weighted by Crippen LogP contribution is -2.37. The first-order chi connectivity index (χ1) is 5.20. The van der Waals surface area contributed by atoms with Crippen LogP contribution in [-0.4, -0.2) is 28.8 Å². The summed E-state index contributed by atoms with van der Waals surface area (Å²) < 4.78 is 0. The molecule has 0 aromatic heterocycles. The molecule has 1 rings (SSSR count). The SMILES string of the molecule is CC(O)CC1CCSCC1N. The van der Waals surface area contributed by atoms with Gasteiger partial charge >= 0.3 is 0 Å². The highest BCUT2D eigenvalue weighted by atomic mass is 32.2. The van der Waals surface area contributed by atoms with Crippen molar-refractivity contribution in [3.05, 3.63) is 0 Å². The predicted octanol–water partition coefficient (Wildman–Crippen LogP) is 0.838. The van der Waals surface area contributed by atoms with Crippen LogP contribution in [0.3, 0.4) is 0 Å². The maximum absolute atomic E-state index is 9.16. The van der Waals surface area contributed by atoms with Crippen LogP contribution in [0.4, 0.5) is 0 Å². The molecule has 0 radical (unpaired) electrons. The topological polar surface area (TPSA) is 46.2 Å². The minimum atomic E-state index is -0.186. The summed E-state index contributed by atoms with van der Waals surface area (Å²) in [6.45, 7) is 1.84. The van der Waals surface area contributed by atoms with Gasteiger partial charge in [-0.05, 0) is 31.4 Å². The highest BCUT2D eigenvalue weighted by Crippen LogP contribution is 2.25. The van der Waals surface area contributed by atoms with Crippen LogP contribution in [-0.2, 0) is 0 Å². The normalized spacial score (nSPS) is 35.2. The molecule has 0 aromatic rings. The van der Waals surface area contributed by atoms with Crippen molar-refractivity contribution in [2.45, 2.75) is 31.9 Å². The van der Waals surface area contributed by atoms with E-state index in [2.05, 4.69) is 0 Å². The molecular weight excluding hydrogens is 158 g/mol. The van der Waals surface area contributed by atoms with E-state index < -0.39 is 0 Å². The van der Waals surface area contributed by atoms with E-state index in [4.69, 9.17) is 10.8 Å². The zero-order chi connectivity index (χ0) is 8.27. The molecule has 0 aliphatic carbocycles. The quantitative estimate of drug-likeness (QED) is 0.653. The Morgan fingerprint density at radius 3 is 3.00 bits per heavy atom. The van der Waals surface area contributed by atoms with Crippen LogP contribution < -0.4 is 5.73 Å². The smallest absolute Gasteiger partial charge is 0.0515 e. The summed E-state index contributed by atoms with van der Waals surface area (Å²) >= 11 is 1.93. The van der Waals surface area contributed by atoms with Crippen molar-refractivity contribution in [1.82, 2.24) is 0 Å². The number of thioether (sulfide) groups is 1. The number of hydrogen-bond donors (Lipinski definition) is 2. The summed E-state index contributed by atoms with van der Waals surface area (Å²) in [4.78, 5) is 0. The number of aliphatic hydroxyl groups is 1. The number of nitrogens with two attached hydrogens (primary N) is 1. The van der Waals surface area contributed by atoms with Gasteiger partial charge in [-0.2, -0.15) is 11.8 Å². The summed E-state index contributed by atoms with van der Waals surface area (Å²) in [5.74, 6) is 2.83. The molecule has 1 fully saturated rings. The minimum Gasteiger partial charge on any atom is -0.393 e. The van der Waals surface area contributed by atoms with Crippen molar-refractivity contribution in [3.63, 3.8) is 0 Å². The fourth-order valence-corrected chi connectivity index (χ4v) is 2.72. The zero-order valence-electron chi connectivity index (χ0n) is 6.99. The Balaban J connectivity index is 2.29. The molecule has 3 heteroatoms. The number of rotatable bonds is 2. The van der Waals surface area contributed by atoms with Crippen LogP contribution in [0.5, 0.6) is 0 Å². The Kier molecular flexibility index (Phi) is 3.69. The fraction of sp³-hybridized carbons (Fsp3) is 1.00. The second-order valence-electron chi connectivity index (χ2n) is 3.37. The molecule has 0 bridgehead atoms. The van der Waals surface area contributed by atoms with Gasteiger partial charge in [0, 0.05) is 11.8 Å². The van der Waals surface area contributed by atoms with Gasteiger partial charge in [0.1, 0.15) is 0 Å². The average molecular weight is 175 g/mol. The van der Waals surface area contributed by atoms with Crippen molar-refractivity contribution in [3.8, 4) is 0 Å². The van der Waals surface area contributed by atoms with E-state index in [0.29, 0.717) is 12.0 Å². The molecule has 3 atom stereocenters. The lowest BCUT2D eigenvalue weighted by atomic mass is 9.92. The van der Waals surface area contributed by atoms with Crippen LogP contribution in [0.2, 0.25) is 0 Å². The van der Waals surface area contributed by atoms with Crippen molar-refractivity contribution >= 4 is 11.8 Å². The molecule has 3 unspecified atom stereocenters. The van der Waals surface area contributed by atoms with Gasteiger partial charge < -0.3 is 10.8 Å². The maximum atomic E-state index is 9.16. The maximum Gasteiger partial charge on any atom is 0.0515 e. The molecular formula is C8H17NOS. The Morgan fingerprint density at radius 2 is 2.45 bits per heavy atom. The summed E-state index contributed by atoms with van der Waals surface area (Å²) in [5, 5.41) is 9.16. The van der Waals surface area contributed by atoms with Crippen LogP contribution in [0.1, 0.15) is 19.8 Å². The fourth-order valence-electron chi connectivity index (χ4n) is 1.54. The van der Waals surface area contributed by atoms with Crippen molar-refractivity contribution in [1.29, 1.82) is 0 Å². The third-order valence-corrected chi connectivity index (χ3v) is 3.34. The molecule has 11 heavy (non-hydrogen) atoms. The van der Waals surface area contributed by atoms with E-state index >= 15 is 0 Å². The number of hydrogen-bond acceptors (Lipinski definition) is 3. The highest BCUT2D eigenvalue weighted by Gasteiger charge is 2.22. The van der Waals surface area contributed by atoms with Gasteiger partial charge in [0.2, 0.25) is 0 Å². The second kappa shape index (κ2) is 4.33. The average Bonchev–Trinajstić information content (AvgIpc) is 1.93.